The Labute approximate surface area is 125 Å². The van der Waals surface area contributed by atoms with E-state index < -0.39 is 8.15 Å². The van der Waals surface area contributed by atoms with Gasteiger partial charge in [-0.1, -0.05) is 27.7 Å². The molecule has 0 aliphatic rings. The average Bonchev–Trinajstić information content (AvgIpc) is 2.40. The SMILES string of the molecule is CCN(C)C(=O)COP(C)CCC(C)(C)C(=O)C(C)C. The Hall–Kier alpha value is -0.470. The van der Waals surface area contributed by atoms with Crippen LogP contribution in [0.5, 0.6) is 0 Å². The molecule has 0 N–H and O–H groups in total. The summed E-state index contributed by atoms with van der Waals surface area (Å²) in [4.78, 5) is 25.4. The summed E-state index contributed by atoms with van der Waals surface area (Å²) < 4.78 is 5.62. The number of Topliss-reactive ketones (excluding diaryl/α,β-unsaturated/α-hetero) is 1. The molecule has 0 bridgehead atoms. The summed E-state index contributed by atoms with van der Waals surface area (Å²) in [6.07, 6.45) is 1.66. The van der Waals surface area contributed by atoms with Crippen molar-refractivity contribution in [3.8, 4) is 0 Å². The predicted molar refractivity (Wildman–Crippen MR) is 85.2 cm³/mol. The second kappa shape index (κ2) is 8.74. The second-order valence-electron chi connectivity index (χ2n) is 6.19. The minimum absolute atomic E-state index is 0.0133. The topological polar surface area (TPSA) is 46.6 Å². The standard InChI is InChI=1S/C15H30NO3P/c1-8-16(6)13(17)11-19-20(7)10-9-15(4,5)14(18)12(2)3/h12H,8-11H2,1-7H3. The van der Waals surface area contributed by atoms with Gasteiger partial charge >= 0.3 is 0 Å². The maximum Gasteiger partial charge on any atom is 0.248 e. The summed E-state index contributed by atoms with van der Waals surface area (Å²) in [6.45, 7) is 12.7. The molecule has 5 heteroatoms. The zero-order valence-electron chi connectivity index (χ0n) is 14.0. The van der Waals surface area contributed by atoms with E-state index in [1.807, 2.05) is 41.3 Å². The minimum Gasteiger partial charge on any atom is -0.350 e. The van der Waals surface area contributed by atoms with Crippen LogP contribution in [-0.2, 0) is 14.1 Å². The molecule has 118 valence electrons. The molecule has 0 spiro atoms. The molecule has 0 radical (unpaired) electrons. The lowest BCUT2D eigenvalue weighted by Crippen LogP contribution is -2.30. The molecule has 0 saturated carbocycles. The van der Waals surface area contributed by atoms with E-state index in [-0.39, 0.29) is 23.8 Å². The molecule has 1 atom stereocenters. The van der Waals surface area contributed by atoms with Crippen molar-refractivity contribution < 1.29 is 14.1 Å². The largest absolute Gasteiger partial charge is 0.350 e. The molecule has 0 aliphatic heterocycles. The first-order chi connectivity index (χ1) is 9.11. The number of amides is 1. The molecule has 4 nitrogen and oxygen atoms in total. The average molecular weight is 303 g/mol. The number of likely N-dealkylation sites (N-methyl/N-ethyl adjacent to an activating group) is 1. The number of carbonyl (C=O) groups excluding carboxylic acids is 2. The summed E-state index contributed by atoms with van der Waals surface area (Å²) >= 11 is 0. The number of carbonyl (C=O) groups is 2. The van der Waals surface area contributed by atoms with E-state index in [1.54, 1.807) is 11.9 Å². The highest BCUT2D eigenvalue weighted by Gasteiger charge is 2.29. The third-order valence-corrected chi connectivity index (χ3v) is 4.97. The normalized spacial score (nSPS) is 13.4. The Kier molecular flexibility index (Phi) is 8.53. The van der Waals surface area contributed by atoms with Crippen molar-refractivity contribution in [3.63, 3.8) is 0 Å². The smallest absolute Gasteiger partial charge is 0.248 e. The van der Waals surface area contributed by atoms with Crippen molar-refractivity contribution in [2.45, 2.75) is 41.0 Å². The second-order valence-corrected chi connectivity index (χ2v) is 8.15. The molecule has 0 heterocycles. The molecular weight excluding hydrogens is 273 g/mol. The number of hydrogen-bond acceptors (Lipinski definition) is 3. The zero-order chi connectivity index (χ0) is 15.9. The van der Waals surface area contributed by atoms with Gasteiger partial charge in [-0.3, -0.25) is 9.59 Å². The molecule has 0 aromatic rings. The number of rotatable bonds is 9. The number of hydrogen-bond donors (Lipinski definition) is 0. The quantitative estimate of drug-likeness (QED) is 0.615. The van der Waals surface area contributed by atoms with Crippen LogP contribution in [0.3, 0.4) is 0 Å². The fourth-order valence-electron chi connectivity index (χ4n) is 1.86. The van der Waals surface area contributed by atoms with Gasteiger partial charge in [-0.05, 0) is 26.2 Å². The van der Waals surface area contributed by atoms with Crippen molar-refractivity contribution in [2.24, 2.45) is 11.3 Å². The lowest BCUT2D eigenvalue weighted by molar-refractivity contribution is -0.132. The predicted octanol–water partition coefficient (Wildman–Crippen LogP) is 3.15. The molecule has 0 fully saturated rings. The van der Waals surface area contributed by atoms with E-state index in [0.29, 0.717) is 12.3 Å². The first kappa shape index (κ1) is 19.5. The molecule has 0 saturated heterocycles. The molecular formula is C15H30NO3P. The third-order valence-electron chi connectivity index (χ3n) is 3.55. The summed E-state index contributed by atoms with van der Waals surface area (Å²) in [5.41, 5.74) is -0.307. The van der Waals surface area contributed by atoms with Gasteiger partial charge < -0.3 is 9.42 Å². The van der Waals surface area contributed by atoms with E-state index in [4.69, 9.17) is 4.52 Å². The highest BCUT2D eigenvalue weighted by atomic mass is 31.1. The van der Waals surface area contributed by atoms with Crippen LogP contribution in [0, 0.1) is 11.3 Å². The van der Waals surface area contributed by atoms with Crippen LogP contribution < -0.4 is 0 Å². The summed E-state index contributed by atoms with van der Waals surface area (Å²) in [5.74, 6) is 0.371. The van der Waals surface area contributed by atoms with Gasteiger partial charge in [0, 0.05) is 33.1 Å². The van der Waals surface area contributed by atoms with Crippen LogP contribution in [0.4, 0.5) is 0 Å². The highest BCUT2D eigenvalue weighted by Crippen LogP contribution is 2.37. The Balaban J connectivity index is 4.14. The van der Waals surface area contributed by atoms with Crippen LogP contribution in [0.1, 0.15) is 41.0 Å². The summed E-state index contributed by atoms with van der Waals surface area (Å²) in [6, 6.07) is 0. The Bertz CT molecular complexity index is 329. The van der Waals surface area contributed by atoms with Crippen molar-refractivity contribution in [2.75, 3.05) is 33.0 Å². The molecule has 0 aromatic carbocycles. The van der Waals surface area contributed by atoms with Crippen molar-refractivity contribution in [1.29, 1.82) is 0 Å². The first-order valence-electron chi connectivity index (χ1n) is 7.24. The van der Waals surface area contributed by atoms with Gasteiger partial charge in [0.25, 0.3) is 0 Å². The summed E-state index contributed by atoms with van der Waals surface area (Å²) in [5, 5.41) is 0. The maximum atomic E-state index is 12.1. The number of nitrogens with zero attached hydrogens (tertiary/aromatic N) is 1. The summed E-state index contributed by atoms with van der Waals surface area (Å²) in [7, 11) is 1.12. The zero-order valence-corrected chi connectivity index (χ0v) is 14.9. The van der Waals surface area contributed by atoms with Crippen LogP contribution in [-0.4, -0.2) is 49.6 Å². The van der Waals surface area contributed by atoms with Gasteiger partial charge in [0.05, 0.1) is 0 Å². The molecule has 1 unspecified atom stereocenters. The van der Waals surface area contributed by atoms with Crippen LogP contribution >= 0.6 is 8.15 Å². The Morgan fingerprint density at radius 2 is 1.85 bits per heavy atom. The van der Waals surface area contributed by atoms with E-state index in [9.17, 15) is 9.59 Å². The van der Waals surface area contributed by atoms with Crippen molar-refractivity contribution in [1.82, 2.24) is 4.90 Å². The molecule has 0 rings (SSSR count). The number of ketones is 1. The minimum atomic E-state index is -0.651. The van der Waals surface area contributed by atoms with Crippen molar-refractivity contribution in [3.05, 3.63) is 0 Å². The van der Waals surface area contributed by atoms with Gasteiger partial charge in [0.15, 0.2) is 0 Å². The first-order valence-corrected chi connectivity index (χ1v) is 9.13. The lowest BCUT2D eigenvalue weighted by Gasteiger charge is -2.26. The van der Waals surface area contributed by atoms with Crippen molar-refractivity contribution >= 4 is 19.8 Å². The van der Waals surface area contributed by atoms with E-state index >= 15 is 0 Å². The van der Waals surface area contributed by atoms with Gasteiger partial charge in [0.2, 0.25) is 5.91 Å². The van der Waals surface area contributed by atoms with Crippen LogP contribution in [0.25, 0.3) is 0 Å². The third kappa shape index (κ3) is 6.81. The Morgan fingerprint density at radius 3 is 2.30 bits per heavy atom. The highest BCUT2D eigenvalue weighted by molar-refractivity contribution is 7.51. The molecule has 1 amide bonds. The van der Waals surface area contributed by atoms with Crippen LogP contribution in [0.15, 0.2) is 0 Å². The van der Waals surface area contributed by atoms with Crippen LogP contribution in [0.2, 0.25) is 0 Å². The Morgan fingerprint density at radius 1 is 1.30 bits per heavy atom. The van der Waals surface area contributed by atoms with Gasteiger partial charge in [-0.25, -0.2) is 0 Å². The van der Waals surface area contributed by atoms with Gasteiger partial charge in [0.1, 0.15) is 12.4 Å². The molecule has 0 aliphatic carbocycles. The fourth-order valence-corrected chi connectivity index (χ4v) is 3.19. The maximum absolute atomic E-state index is 12.1. The molecule has 0 aromatic heterocycles. The monoisotopic (exact) mass is 303 g/mol. The van der Waals surface area contributed by atoms with Gasteiger partial charge in [-0.2, -0.15) is 0 Å². The van der Waals surface area contributed by atoms with E-state index in [2.05, 4.69) is 0 Å². The molecule has 20 heavy (non-hydrogen) atoms. The van der Waals surface area contributed by atoms with E-state index in [1.165, 1.54) is 0 Å². The fraction of sp³-hybridized carbons (Fsp3) is 0.867. The van der Waals surface area contributed by atoms with Gasteiger partial charge in [-0.15, -0.1) is 0 Å². The lowest BCUT2D eigenvalue weighted by atomic mass is 9.80. The van der Waals surface area contributed by atoms with E-state index in [0.717, 1.165) is 12.6 Å².